The SMILES string of the molecule is Cc1ncsc1-c1ccc(CNC(=O)[C@@H]2C[C@@H](O)CN2C(=O)C(NC(=O)CCCCCCC(=O)N(C)Cc2cc(-c3cccc(-c4csc(NC(=O)CNC(=O)c5ccn(S(C)(=O)=O)c5)n4)c3)ccn2)C(C)(C)C)cc1. The number of aromatic nitrogens is 4. The van der Waals surface area contributed by atoms with Crippen LogP contribution in [-0.2, 0) is 47.1 Å². The van der Waals surface area contributed by atoms with Gasteiger partial charge in [0, 0.05) is 68.9 Å². The number of nitrogens with one attached hydrogen (secondary N) is 4. The van der Waals surface area contributed by atoms with E-state index in [2.05, 4.69) is 36.2 Å². The number of likely N-dealkylation sites (tertiary alicyclic amines) is 1. The zero-order chi connectivity index (χ0) is 54.7. The van der Waals surface area contributed by atoms with Crippen LogP contribution in [-0.4, -0.2) is 122 Å². The number of aliphatic hydroxyl groups is 1. The van der Waals surface area contributed by atoms with Crippen LogP contribution in [0.1, 0.15) is 93.0 Å². The van der Waals surface area contributed by atoms with Gasteiger partial charge in [0.25, 0.3) is 5.91 Å². The third-order valence-corrected chi connectivity index (χ3v) is 15.6. The van der Waals surface area contributed by atoms with E-state index in [4.69, 9.17) is 0 Å². The van der Waals surface area contributed by atoms with Crippen molar-refractivity contribution in [3.8, 4) is 32.8 Å². The second-order valence-electron chi connectivity index (χ2n) is 20.0. The number of benzene rings is 2. The van der Waals surface area contributed by atoms with E-state index in [0.29, 0.717) is 48.7 Å². The van der Waals surface area contributed by atoms with Crippen LogP contribution in [0.5, 0.6) is 0 Å². The number of hydrogen-bond acceptors (Lipinski definition) is 14. The fourth-order valence-electron chi connectivity index (χ4n) is 8.66. The molecule has 0 spiro atoms. The van der Waals surface area contributed by atoms with E-state index < -0.39 is 51.3 Å². The van der Waals surface area contributed by atoms with E-state index in [1.54, 1.807) is 34.9 Å². The number of nitrogens with zero attached hydrogens (tertiary/aromatic N) is 6. The van der Waals surface area contributed by atoms with E-state index in [-0.39, 0.29) is 55.8 Å². The molecule has 4 aromatic heterocycles. The fourth-order valence-corrected chi connectivity index (χ4v) is 10.8. The maximum Gasteiger partial charge on any atom is 0.253 e. The molecular weight excluding hydrogens is 1030 g/mol. The van der Waals surface area contributed by atoms with Crippen LogP contribution in [0.4, 0.5) is 5.13 Å². The van der Waals surface area contributed by atoms with E-state index >= 15 is 0 Å². The van der Waals surface area contributed by atoms with Crippen molar-refractivity contribution in [2.24, 2.45) is 5.41 Å². The first kappa shape index (κ1) is 56.6. The summed E-state index contributed by atoms with van der Waals surface area (Å²) in [6.07, 6.45) is 7.51. The molecule has 1 fully saturated rings. The minimum absolute atomic E-state index is 0.0122. The number of rotatable bonds is 22. The Morgan fingerprint density at radius 2 is 1.59 bits per heavy atom. The zero-order valence-electron chi connectivity index (χ0n) is 43.4. The smallest absolute Gasteiger partial charge is 0.253 e. The molecule has 1 aliphatic heterocycles. The van der Waals surface area contributed by atoms with Crippen LogP contribution in [0.3, 0.4) is 0 Å². The van der Waals surface area contributed by atoms with Crippen LogP contribution in [0, 0.1) is 12.3 Å². The number of amides is 6. The Bertz CT molecular complexity index is 3160. The number of carbonyl (C=O) groups excluding carboxylic acids is 6. The highest BCUT2D eigenvalue weighted by Gasteiger charge is 2.44. The first-order valence-corrected chi connectivity index (χ1v) is 28.5. The highest BCUT2D eigenvalue weighted by atomic mass is 32.2. The molecule has 7 rings (SSSR count). The molecule has 1 saturated heterocycles. The van der Waals surface area contributed by atoms with Gasteiger partial charge in [0.05, 0.1) is 58.5 Å². The largest absolute Gasteiger partial charge is 0.391 e. The van der Waals surface area contributed by atoms with Crippen molar-refractivity contribution in [2.75, 3.05) is 31.7 Å². The number of aliphatic hydroxyl groups excluding tert-OH is 1. The third-order valence-electron chi connectivity index (χ3n) is 12.9. The first-order chi connectivity index (χ1) is 36.1. The summed E-state index contributed by atoms with van der Waals surface area (Å²) >= 11 is 2.79. The third kappa shape index (κ3) is 15.3. The first-order valence-electron chi connectivity index (χ1n) is 24.9. The number of β-amino-alcohol motifs (C(OH)–C–C–N with tert-alkyl or cyclic N) is 1. The monoisotopic (exact) mass is 1090 g/mol. The topological polar surface area (TPSA) is 255 Å². The van der Waals surface area contributed by atoms with Gasteiger partial charge in [-0.3, -0.25) is 37.7 Å². The zero-order valence-corrected chi connectivity index (χ0v) is 45.8. The van der Waals surface area contributed by atoms with Crippen molar-refractivity contribution in [3.63, 3.8) is 0 Å². The highest BCUT2D eigenvalue weighted by molar-refractivity contribution is 7.89. The Labute approximate surface area is 450 Å². The molecule has 0 radical (unpaired) electrons. The lowest BCUT2D eigenvalue weighted by Crippen LogP contribution is -2.57. The molecular formula is C54H64N10O9S3. The predicted molar refractivity (Wildman–Crippen MR) is 292 cm³/mol. The van der Waals surface area contributed by atoms with E-state index in [0.717, 1.165) is 55.0 Å². The summed E-state index contributed by atoms with van der Waals surface area (Å²) in [5.74, 6) is -2.21. The minimum Gasteiger partial charge on any atom is -0.391 e. The number of unbranched alkanes of at least 4 members (excludes halogenated alkanes) is 3. The standard InChI is InChI=1S/C54H64N10O9S3/c1-34-48(75-33-58-34)36-18-16-35(17-19-36)27-56-51(70)44-26-42(65)31-64(44)52(71)49(54(2,3)4)60-45(66)14-9-7-8-10-15-47(68)62(5)30-41-25-38(20-22-55-41)37-12-11-13-39(24-37)43-32-74-53(59-43)61-46(67)28-57-50(69)40-21-23-63(29-40)76(6,72)73/h11-13,16-25,29,32-33,42,44,49,65H,7-10,14-15,26-28,30-31H2,1-6H3,(H,56,70)(H,57,69)(H,60,66)(H,59,61,67)/t42-,44+,49?/m1/s1. The summed E-state index contributed by atoms with van der Waals surface area (Å²) in [7, 11) is -1.81. The van der Waals surface area contributed by atoms with Crippen LogP contribution in [0.15, 0.2) is 96.2 Å². The Hall–Kier alpha value is -7.14. The lowest BCUT2D eigenvalue weighted by atomic mass is 9.85. The summed E-state index contributed by atoms with van der Waals surface area (Å²) in [6.45, 7) is 7.71. The van der Waals surface area contributed by atoms with Gasteiger partial charge in [0.2, 0.25) is 39.6 Å². The lowest BCUT2D eigenvalue weighted by Gasteiger charge is -2.35. The predicted octanol–water partition coefficient (Wildman–Crippen LogP) is 6.39. The fraction of sp³-hybridized carbons (Fsp3) is 0.389. The van der Waals surface area contributed by atoms with E-state index in [1.807, 2.05) is 93.9 Å². The maximum absolute atomic E-state index is 14.1. The molecule has 1 aliphatic rings. The lowest BCUT2D eigenvalue weighted by molar-refractivity contribution is -0.144. The van der Waals surface area contributed by atoms with Gasteiger partial charge in [-0.1, -0.05) is 76.1 Å². The van der Waals surface area contributed by atoms with Gasteiger partial charge in [-0.25, -0.2) is 18.4 Å². The molecule has 6 amide bonds. The van der Waals surface area contributed by atoms with Gasteiger partial charge in [-0.2, -0.15) is 0 Å². The van der Waals surface area contributed by atoms with Crippen LogP contribution in [0.25, 0.3) is 32.8 Å². The Morgan fingerprint density at radius 3 is 2.29 bits per heavy atom. The van der Waals surface area contributed by atoms with Gasteiger partial charge in [-0.15, -0.1) is 22.7 Å². The summed E-state index contributed by atoms with van der Waals surface area (Å²) in [5, 5.41) is 23.8. The van der Waals surface area contributed by atoms with Gasteiger partial charge in [0.15, 0.2) is 5.13 Å². The second kappa shape index (κ2) is 25.1. The number of anilines is 1. The number of aryl methyl sites for hydroxylation is 1. The number of hydrogen-bond donors (Lipinski definition) is 5. The van der Waals surface area contributed by atoms with Crippen molar-refractivity contribution < 1.29 is 42.3 Å². The second-order valence-corrected chi connectivity index (χ2v) is 23.6. The van der Waals surface area contributed by atoms with E-state index in [1.165, 1.54) is 34.7 Å². The Kier molecular flexibility index (Phi) is 18.7. The molecule has 5 N–H and O–H groups in total. The van der Waals surface area contributed by atoms with E-state index in [9.17, 15) is 42.3 Å². The molecule has 2 aromatic carbocycles. The van der Waals surface area contributed by atoms with Crippen molar-refractivity contribution in [1.82, 2.24) is 44.7 Å². The summed E-state index contributed by atoms with van der Waals surface area (Å²) in [6, 6.07) is 18.9. The number of pyridine rings is 1. The molecule has 19 nitrogen and oxygen atoms in total. The molecule has 5 heterocycles. The van der Waals surface area contributed by atoms with Gasteiger partial charge in [0.1, 0.15) is 12.1 Å². The summed E-state index contributed by atoms with van der Waals surface area (Å²) in [5.41, 5.74) is 8.04. The summed E-state index contributed by atoms with van der Waals surface area (Å²) in [4.78, 5) is 96.6. The van der Waals surface area contributed by atoms with Crippen LogP contribution < -0.4 is 21.3 Å². The highest BCUT2D eigenvalue weighted by Crippen LogP contribution is 2.31. The van der Waals surface area contributed by atoms with Gasteiger partial charge < -0.3 is 36.2 Å². The average Bonchev–Trinajstić information content (AvgIpc) is 4.23. The molecule has 0 aliphatic carbocycles. The van der Waals surface area contributed by atoms with Gasteiger partial charge in [-0.05, 0) is 71.7 Å². The molecule has 3 atom stereocenters. The number of thiazole rings is 2. The number of carbonyl (C=O) groups is 6. The van der Waals surface area contributed by atoms with Crippen molar-refractivity contribution in [1.29, 1.82) is 0 Å². The van der Waals surface area contributed by atoms with Crippen LogP contribution in [0.2, 0.25) is 0 Å². The molecule has 76 heavy (non-hydrogen) atoms. The normalized spacial score (nSPS) is 15.0. The van der Waals surface area contributed by atoms with Crippen LogP contribution >= 0.6 is 22.7 Å². The summed E-state index contributed by atoms with van der Waals surface area (Å²) < 4.78 is 24.3. The molecule has 6 aromatic rings. The Balaban J connectivity index is 0.816. The molecule has 0 bridgehead atoms. The molecule has 1 unspecified atom stereocenters. The van der Waals surface area contributed by atoms with Crippen molar-refractivity contribution in [3.05, 3.63) is 119 Å². The van der Waals surface area contributed by atoms with Gasteiger partial charge >= 0.3 is 0 Å². The minimum atomic E-state index is -3.55. The Morgan fingerprint density at radius 1 is 0.868 bits per heavy atom. The average molecular weight is 1090 g/mol. The molecule has 402 valence electrons. The quantitative estimate of drug-likeness (QED) is 0.0464. The maximum atomic E-state index is 14.1. The van der Waals surface area contributed by atoms with Crippen molar-refractivity contribution in [2.45, 2.75) is 104 Å². The van der Waals surface area contributed by atoms with Crippen molar-refractivity contribution >= 4 is 73.3 Å². The molecule has 0 saturated carbocycles. The molecule has 22 heteroatoms.